The van der Waals surface area contributed by atoms with Crippen LogP contribution in [0.5, 0.6) is 0 Å². The number of sulfonamides is 1. The molecule has 0 aliphatic carbocycles. The normalized spacial score (nSPS) is 16.3. The molecule has 6 nitrogen and oxygen atoms in total. The standard InChI is InChI=1S/C16H22N4O2S2/c1-3-14-4-5-15(23-14)24(21,22)19-13-10-17-16(18-11-13)20-8-6-12(2)7-9-20/h4-5,10-12,19H,3,6-9H2,1-2H3. The highest BCUT2D eigenvalue weighted by atomic mass is 32.2. The molecule has 0 saturated carbocycles. The van der Waals surface area contributed by atoms with Crippen molar-refractivity contribution in [1.82, 2.24) is 9.97 Å². The third-order valence-corrected chi connectivity index (χ3v) is 7.31. The fraction of sp³-hybridized carbons (Fsp3) is 0.500. The van der Waals surface area contributed by atoms with Gasteiger partial charge in [0.15, 0.2) is 0 Å². The first-order chi connectivity index (χ1) is 11.5. The van der Waals surface area contributed by atoms with E-state index in [1.807, 2.05) is 13.0 Å². The second-order valence-electron chi connectivity index (χ2n) is 6.12. The number of rotatable bonds is 5. The molecule has 3 rings (SSSR count). The Morgan fingerprint density at radius 3 is 2.50 bits per heavy atom. The first-order valence-corrected chi connectivity index (χ1v) is 10.5. The summed E-state index contributed by atoms with van der Waals surface area (Å²) >= 11 is 1.29. The summed E-state index contributed by atoms with van der Waals surface area (Å²) in [6.07, 6.45) is 6.16. The molecule has 0 amide bonds. The van der Waals surface area contributed by atoms with E-state index in [1.165, 1.54) is 23.7 Å². The summed E-state index contributed by atoms with van der Waals surface area (Å²) in [6.45, 7) is 6.15. The number of hydrogen-bond acceptors (Lipinski definition) is 6. The molecule has 130 valence electrons. The maximum Gasteiger partial charge on any atom is 0.271 e. The van der Waals surface area contributed by atoms with Gasteiger partial charge in [0.1, 0.15) is 4.21 Å². The Labute approximate surface area is 147 Å². The van der Waals surface area contributed by atoms with Crippen molar-refractivity contribution in [3.63, 3.8) is 0 Å². The average Bonchev–Trinajstić information content (AvgIpc) is 3.06. The average molecular weight is 367 g/mol. The van der Waals surface area contributed by atoms with Crippen molar-refractivity contribution < 1.29 is 8.42 Å². The number of aryl methyl sites for hydroxylation is 1. The monoisotopic (exact) mass is 366 g/mol. The first-order valence-electron chi connectivity index (χ1n) is 8.16. The number of thiophene rings is 1. The molecule has 1 aliphatic rings. The molecule has 1 N–H and O–H groups in total. The van der Waals surface area contributed by atoms with Crippen molar-refractivity contribution in [2.45, 2.75) is 37.3 Å². The minimum atomic E-state index is -3.57. The fourth-order valence-electron chi connectivity index (χ4n) is 2.64. The molecule has 1 saturated heterocycles. The van der Waals surface area contributed by atoms with Gasteiger partial charge in [0.25, 0.3) is 10.0 Å². The third-order valence-electron chi connectivity index (χ3n) is 4.21. The molecule has 2 aromatic rings. The van der Waals surface area contributed by atoms with E-state index in [1.54, 1.807) is 6.07 Å². The molecule has 1 aliphatic heterocycles. The van der Waals surface area contributed by atoms with Gasteiger partial charge in [-0.2, -0.15) is 0 Å². The van der Waals surface area contributed by atoms with E-state index in [0.717, 1.165) is 43.1 Å². The third kappa shape index (κ3) is 3.87. The summed E-state index contributed by atoms with van der Waals surface area (Å²) < 4.78 is 27.6. The van der Waals surface area contributed by atoms with E-state index in [0.29, 0.717) is 15.8 Å². The molecule has 24 heavy (non-hydrogen) atoms. The SMILES string of the molecule is CCc1ccc(S(=O)(=O)Nc2cnc(N3CCC(C)CC3)nc2)s1. The lowest BCUT2D eigenvalue weighted by atomic mass is 10.00. The van der Waals surface area contributed by atoms with Gasteiger partial charge in [0.05, 0.1) is 18.1 Å². The number of hydrogen-bond donors (Lipinski definition) is 1. The van der Waals surface area contributed by atoms with Gasteiger partial charge in [-0.3, -0.25) is 4.72 Å². The summed E-state index contributed by atoms with van der Waals surface area (Å²) in [5.41, 5.74) is 0.385. The lowest BCUT2D eigenvalue weighted by molar-refractivity contribution is 0.434. The van der Waals surface area contributed by atoms with Crippen LogP contribution in [0, 0.1) is 5.92 Å². The van der Waals surface area contributed by atoms with Crippen molar-refractivity contribution in [1.29, 1.82) is 0 Å². The van der Waals surface area contributed by atoms with E-state index >= 15 is 0 Å². The summed E-state index contributed by atoms with van der Waals surface area (Å²) in [4.78, 5) is 11.8. The topological polar surface area (TPSA) is 75.2 Å². The number of nitrogens with one attached hydrogen (secondary N) is 1. The van der Waals surface area contributed by atoms with Crippen molar-refractivity contribution in [2.24, 2.45) is 5.92 Å². The molecule has 0 radical (unpaired) electrons. The van der Waals surface area contributed by atoms with Crippen LogP contribution in [0.4, 0.5) is 11.6 Å². The maximum absolute atomic E-state index is 12.4. The zero-order valence-electron chi connectivity index (χ0n) is 13.9. The number of aromatic nitrogens is 2. The van der Waals surface area contributed by atoms with Crippen LogP contribution < -0.4 is 9.62 Å². The quantitative estimate of drug-likeness (QED) is 0.880. The Kier molecular flexibility index (Phi) is 5.05. The molecule has 3 heterocycles. The van der Waals surface area contributed by atoms with E-state index in [4.69, 9.17) is 0 Å². The maximum atomic E-state index is 12.4. The molecule has 1 fully saturated rings. The predicted molar refractivity (Wildman–Crippen MR) is 97.1 cm³/mol. The largest absolute Gasteiger partial charge is 0.341 e. The van der Waals surface area contributed by atoms with Crippen molar-refractivity contribution in [2.75, 3.05) is 22.7 Å². The van der Waals surface area contributed by atoms with E-state index in [-0.39, 0.29) is 0 Å². The van der Waals surface area contributed by atoms with Crippen LogP contribution in [0.3, 0.4) is 0 Å². The molecule has 8 heteroatoms. The minimum Gasteiger partial charge on any atom is -0.341 e. The van der Waals surface area contributed by atoms with Gasteiger partial charge in [-0.05, 0) is 37.3 Å². The van der Waals surface area contributed by atoms with Crippen LogP contribution in [0.15, 0.2) is 28.7 Å². The zero-order chi connectivity index (χ0) is 17.2. The molecule has 0 spiro atoms. The molecular formula is C16H22N4O2S2. The van der Waals surface area contributed by atoms with E-state index in [2.05, 4.69) is 26.5 Å². The summed E-state index contributed by atoms with van der Waals surface area (Å²) in [7, 11) is -3.57. The van der Waals surface area contributed by atoms with Gasteiger partial charge in [-0.25, -0.2) is 18.4 Å². The lowest BCUT2D eigenvalue weighted by Crippen LogP contribution is -2.34. The molecule has 0 atom stereocenters. The Hall–Kier alpha value is -1.67. The van der Waals surface area contributed by atoms with Crippen LogP contribution in [0.2, 0.25) is 0 Å². The minimum absolute atomic E-state index is 0.313. The summed E-state index contributed by atoms with van der Waals surface area (Å²) in [5, 5.41) is 0. The predicted octanol–water partition coefficient (Wildman–Crippen LogP) is 3.14. The van der Waals surface area contributed by atoms with Gasteiger partial charge in [-0.15, -0.1) is 11.3 Å². The Morgan fingerprint density at radius 2 is 1.92 bits per heavy atom. The number of piperidine rings is 1. The van der Waals surface area contributed by atoms with Crippen molar-refractivity contribution >= 4 is 33.0 Å². The molecule has 0 bridgehead atoms. The summed E-state index contributed by atoms with van der Waals surface area (Å²) in [6, 6.07) is 3.48. The van der Waals surface area contributed by atoms with Gasteiger partial charge >= 0.3 is 0 Å². The lowest BCUT2D eigenvalue weighted by Gasteiger charge is -2.30. The molecule has 2 aromatic heterocycles. The Bertz CT molecular complexity index is 779. The number of anilines is 2. The highest BCUT2D eigenvalue weighted by Gasteiger charge is 2.19. The van der Waals surface area contributed by atoms with Gasteiger partial charge in [0, 0.05) is 18.0 Å². The van der Waals surface area contributed by atoms with Gasteiger partial charge in [-0.1, -0.05) is 13.8 Å². The molecule has 0 aromatic carbocycles. The van der Waals surface area contributed by atoms with Crippen molar-refractivity contribution in [3.8, 4) is 0 Å². The Balaban J connectivity index is 1.69. The van der Waals surface area contributed by atoms with Crippen LogP contribution in [-0.4, -0.2) is 31.5 Å². The van der Waals surface area contributed by atoms with E-state index in [9.17, 15) is 8.42 Å². The fourth-order valence-corrected chi connectivity index (χ4v) is 4.97. The van der Waals surface area contributed by atoms with Crippen LogP contribution in [0.1, 0.15) is 31.6 Å². The van der Waals surface area contributed by atoms with Crippen molar-refractivity contribution in [3.05, 3.63) is 29.4 Å². The first kappa shape index (κ1) is 17.2. The highest BCUT2D eigenvalue weighted by Crippen LogP contribution is 2.25. The van der Waals surface area contributed by atoms with Crippen LogP contribution >= 0.6 is 11.3 Å². The summed E-state index contributed by atoms with van der Waals surface area (Å²) in [5.74, 6) is 1.40. The van der Waals surface area contributed by atoms with Gasteiger partial charge in [0.2, 0.25) is 5.95 Å². The Morgan fingerprint density at radius 1 is 1.25 bits per heavy atom. The smallest absolute Gasteiger partial charge is 0.271 e. The molecular weight excluding hydrogens is 344 g/mol. The van der Waals surface area contributed by atoms with E-state index < -0.39 is 10.0 Å². The second kappa shape index (κ2) is 7.06. The second-order valence-corrected chi connectivity index (χ2v) is 9.20. The highest BCUT2D eigenvalue weighted by molar-refractivity contribution is 7.94. The zero-order valence-corrected chi connectivity index (χ0v) is 15.5. The van der Waals surface area contributed by atoms with Gasteiger partial charge < -0.3 is 4.90 Å². The number of nitrogens with zero attached hydrogens (tertiary/aromatic N) is 3. The van der Waals surface area contributed by atoms with Crippen LogP contribution in [0.25, 0.3) is 0 Å². The molecule has 0 unspecified atom stereocenters. The van der Waals surface area contributed by atoms with Crippen LogP contribution in [-0.2, 0) is 16.4 Å².